The first kappa shape index (κ1) is 9.41. The third kappa shape index (κ3) is 2.13. The lowest BCUT2D eigenvalue weighted by Crippen LogP contribution is -2.25. The van der Waals surface area contributed by atoms with Crippen LogP contribution in [0.3, 0.4) is 0 Å². The highest BCUT2D eigenvalue weighted by atomic mass is 16.3. The molecule has 68 valence electrons. The molecule has 1 amide bonds. The lowest BCUT2D eigenvalue weighted by atomic mass is 10.1. The molecule has 0 bridgehead atoms. The zero-order valence-electron chi connectivity index (χ0n) is 6.86. The van der Waals surface area contributed by atoms with Crippen LogP contribution in [0.1, 0.15) is 20.7 Å². The van der Waals surface area contributed by atoms with E-state index in [9.17, 15) is 9.59 Å². The van der Waals surface area contributed by atoms with E-state index in [0.717, 1.165) is 0 Å². The Kier molecular flexibility index (Phi) is 3.16. The summed E-state index contributed by atoms with van der Waals surface area (Å²) in [5, 5.41) is 10.6. The topological polar surface area (TPSA) is 66.4 Å². The Morgan fingerprint density at radius 1 is 1.46 bits per heavy atom. The molecule has 0 aliphatic heterocycles. The van der Waals surface area contributed by atoms with Crippen LogP contribution in [-0.2, 0) is 0 Å². The molecule has 0 aliphatic carbocycles. The molecule has 0 atom stereocenters. The van der Waals surface area contributed by atoms with Gasteiger partial charge in [-0.15, -0.1) is 0 Å². The number of hydrogen-bond acceptors (Lipinski definition) is 3. The summed E-state index contributed by atoms with van der Waals surface area (Å²) < 4.78 is 0. The van der Waals surface area contributed by atoms with Crippen LogP contribution in [0, 0.1) is 0 Å². The van der Waals surface area contributed by atoms with Crippen molar-refractivity contribution in [2.75, 3.05) is 6.73 Å². The average molecular weight is 179 g/mol. The lowest BCUT2D eigenvalue weighted by Gasteiger charge is -2.02. The third-order valence-corrected chi connectivity index (χ3v) is 1.57. The number of nitrogens with one attached hydrogen (secondary N) is 1. The van der Waals surface area contributed by atoms with Crippen LogP contribution in [0.2, 0.25) is 0 Å². The molecule has 13 heavy (non-hydrogen) atoms. The average Bonchev–Trinajstić information content (AvgIpc) is 2.18. The molecule has 4 heteroatoms. The van der Waals surface area contributed by atoms with Gasteiger partial charge in [-0.3, -0.25) is 9.59 Å². The van der Waals surface area contributed by atoms with Crippen LogP contribution < -0.4 is 5.32 Å². The molecular formula is C9H9NO3. The van der Waals surface area contributed by atoms with Gasteiger partial charge in [-0.1, -0.05) is 18.2 Å². The first-order valence-electron chi connectivity index (χ1n) is 3.73. The fraction of sp³-hybridized carbons (Fsp3) is 0.111. The second kappa shape index (κ2) is 4.37. The van der Waals surface area contributed by atoms with Crippen LogP contribution in [0.4, 0.5) is 0 Å². The Morgan fingerprint density at radius 3 is 2.77 bits per heavy atom. The van der Waals surface area contributed by atoms with Gasteiger partial charge in [-0.25, -0.2) is 0 Å². The Balaban J connectivity index is 2.98. The van der Waals surface area contributed by atoms with Crippen molar-refractivity contribution in [2.45, 2.75) is 0 Å². The molecule has 0 aromatic heterocycles. The second-order valence-electron chi connectivity index (χ2n) is 2.37. The van der Waals surface area contributed by atoms with Gasteiger partial charge in [0.05, 0.1) is 0 Å². The number of aliphatic hydroxyl groups excluding tert-OH is 1. The summed E-state index contributed by atoms with van der Waals surface area (Å²) in [7, 11) is 0. The normalized spacial score (nSPS) is 9.31. The van der Waals surface area contributed by atoms with Gasteiger partial charge in [0.25, 0.3) is 5.91 Å². The fourth-order valence-electron chi connectivity index (χ4n) is 0.974. The van der Waals surface area contributed by atoms with Gasteiger partial charge in [0.1, 0.15) is 6.73 Å². The molecule has 0 spiro atoms. The third-order valence-electron chi connectivity index (χ3n) is 1.57. The summed E-state index contributed by atoms with van der Waals surface area (Å²) in [4.78, 5) is 21.7. The summed E-state index contributed by atoms with van der Waals surface area (Å²) in [5.74, 6) is -0.454. The summed E-state index contributed by atoms with van der Waals surface area (Å²) in [6.07, 6.45) is 0.603. The van der Waals surface area contributed by atoms with E-state index in [0.29, 0.717) is 11.8 Å². The maximum absolute atomic E-state index is 11.2. The monoisotopic (exact) mass is 179 g/mol. The van der Waals surface area contributed by atoms with Crippen LogP contribution in [0.15, 0.2) is 24.3 Å². The van der Waals surface area contributed by atoms with Crippen molar-refractivity contribution in [2.24, 2.45) is 0 Å². The Hall–Kier alpha value is -1.68. The van der Waals surface area contributed by atoms with E-state index in [-0.39, 0.29) is 5.56 Å². The number of aldehydes is 1. The van der Waals surface area contributed by atoms with Gasteiger partial charge >= 0.3 is 0 Å². The molecule has 0 unspecified atom stereocenters. The molecule has 2 N–H and O–H groups in total. The Labute approximate surface area is 75.2 Å². The highest BCUT2D eigenvalue weighted by Gasteiger charge is 2.08. The van der Waals surface area contributed by atoms with E-state index < -0.39 is 12.6 Å². The minimum Gasteiger partial charge on any atom is -0.376 e. The highest BCUT2D eigenvalue weighted by molar-refractivity contribution is 6.01. The van der Waals surface area contributed by atoms with Crippen molar-refractivity contribution in [3.63, 3.8) is 0 Å². The number of rotatable bonds is 3. The second-order valence-corrected chi connectivity index (χ2v) is 2.37. The molecule has 0 radical (unpaired) electrons. The van der Waals surface area contributed by atoms with E-state index in [1.807, 2.05) is 0 Å². The predicted octanol–water partition coefficient (Wildman–Crippen LogP) is 0.179. The maximum atomic E-state index is 11.2. The van der Waals surface area contributed by atoms with Crippen LogP contribution in [0.5, 0.6) is 0 Å². The van der Waals surface area contributed by atoms with Crippen molar-refractivity contribution < 1.29 is 14.7 Å². The molecule has 1 aromatic rings. The van der Waals surface area contributed by atoms with E-state index in [1.165, 1.54) is 6.07 Å². The molecule has 0 saturated carbocycles. The smallest absolute Gasteiger partial charge is 0.253 e. The van der Waals surface area contributed by atoms with E-state index in [2.05, 4.69) is 5.32 Å². The molecule has 4 nitrogen and oxygen atoms in total. The van der Waals surface area contributed by atoms with Crippen molar-refractivity contribution in [3.8, 4) is 0 Å². The zero-order valence-corrected chi connectivity index (χ0v) is 6.86. The van der Waals surface area contributed by atoms with Gasteiger partial charge in [0, 0.05) is 11.1 Å². The van der Waals surface area contributed by atoms with Crippen LogP contribution in [0.25, 0.3) is 0 Å². The first-order chi connectivity index (χ1) is 6.29. The van der Waals surface area contributed by atoms with Gasteiger partial charge < -0.3 is 10.4 Å². The molecule has 0 fully saturated rings. The molecular weight excluding hydrogens is 170 g/mol. The summed E-state index contributed by atoms with van der Waals surface area (Å²) >= 11 is 0. The number of aliphatic hydroxyl groups is 1. The van der Waals surface area contributed by atoms with E-state index in [1.54, 1.807) is 18.2 Å². The largest absolute Gasteiger partial charge is 0.376 e. The highest BCUT2D eigenvalue weighted by Crippen LogP contribution is 2.05. The quantitative estimate of drug-likeness (QED) is 0.513. The maximum Gasteiger partial charge on any atom is 0.253 e. The molecule has 0 aliphatic rings. The number of carbonyl (C=O) groups is 2. The van der Waals surface area contributed by atoms with Crippen LogP contribution in [-0.4, -0.2) is 24.0 Å². The number of carbonyl (C=O) groups excluding carboxylic acids is 2. The molecule has 1 aromatic carbocycles. The fourth-order valence-corrected chi connectivity index (χ4v) is 0.974. The summed E-state index contributed by atoms with van der Waals surface area (Å²) in [6.45, 7) is -0.438. The van der Waals surface area contributed by atoms with Gasteiger partial charge in [-0.05, 0) is 6.07 Å². The van der Waals surface area contributed by atoms with Gasteiger partial charge in [0.15, 0.2) is 6.29 Å². The van der Waals surface area contributed by atoms with Crippen LogP contribution >= 0.6 is 0 Å². The van der Waals surface area contributed by atoms with Crippen molar-refractivity contribution in [3.05, 3.63) is 35.4 Å². The molecule has 1 rings (SSSR count). The van der Waals surface area contributed by atoms with E-state index >= 15 is 0 Å². The molecule has 0 heterocycles. The van der Waals surface area contributed by atoms with Crippen molar-refractivity contribution in [1.29, 1.82) is 0 Å². The Bertz CT molecular complexity index is 322. The van der Waals surface area contributed by atoms with E-state index in [4.69, 9.17) is 5.11 Å². The number of benzene rings is 1. The summed E-state index contributed by atoms with van der Waals surface area (Å²) in [6, 6.07) is 6.38. The SMILES string of the molecule is O=Cc1ccccc1C(=O)NCO. The first-order valence-corrected chi connectivity index (χ1v) is 3.73. The zero-order chi connectivity index (χ0) is 9.68. The van der Waals surface area contributed by atoms with Crippen molar-refractivity contribution >= 4 is 12.2 Å². The Morgan fingerprint density at radius 2 is 2.15 bits per heavy atom. The predicted molar refractivity (Wildman–Crippen MR) is 46.4 cm³/mol. The number of hydrogen-bond donors (Lipinski definition) is 2. The summed E-state index contributed by atoms with van der Waals surface area (Å²) in [5.41, 5.74) is 0.583. The van der Waals surface area contributed by atoms with Gasteiger partial charge in [0.2, 0.25) is 0 Å². The van der Waals surface area contributed by atoms with Crippen molar-refractivity contribution in [1.82, 2.24) is 5.32 Å². The standard InChI is InChI=1S/C9H9NO3/c11-5-7-3-1-2-4-8(7)9(13)10-6-12/h1-5,12H,6H2,(H,10,13). The van der Waals surface area contributed by atoms with Gasteiger partial charge in [-0.2, -0.15) is 0 Å². The number of amides is 1. The lowest BCUT2D eigenvalue weighted by molar-refractivity contribution is 0.0905. The minimum atomic E-state index is -0.454. The molecule has 0 saturated heterocycles. The minimum absolute atomic E-state index is 0.270.